The molecular weight excluding hydrogens is 184 g/mol. The van der Waals surface area contributed by atoms with E-state index in [4.69, 9.17) is 11.6 Å². The van der Waals surface area contributed by atoms with E-state index in [0.717, 1.165) is 35.4 Å². The predicted molar refractivity (Wildman–Crippen MR) is 51.2 cm³/mol. The molecule has 2 aliphatic carbocycles. The highest BCUT2D eigenvalue weighted by molar-refractivity contribution is 6.32. The lowest BCUT2D eigenvalue weighted by molar-refractivity contribution is 0.0919. The lowest BCUT2D eigenvalue weighted by Gasteiger charge is -1.99. The zero-order chi connectivity index (χ0) is 9.05. The molecule has 0 unspecified atom stereocenters. The summed E-state index contributed by atoms with van der Waals surface area (Å²) in [5, 5.41) is 0.759. The number of halogens is 1. The third-order valence-electron chi connectivity index (χ3n) is 3.21. The molecule has 1 saturated carbocycles. The van der Waals surface area contributed by atoms with E-state index in [2.05, 4.69) is 0 Å². The molecule has 0 heterocycles. The molecule has 0 bridgehead atoms. The van der Waals surface area contributed by atoms with Crippen molar-refractivity contribution in [3.8, 4) is 0 Å². The Morgan fingerprint density at radius 3 is 2.69 bits per heavy atom. The van der Waals surface area contributed by atoms with E-state index in [1.807, 2.05) is 18.2 Å². The van der Waals surface area contributed by atoms with E-state index in [1.54, 1.807) is 0 Å². The second-order valence-corrected chi connectivity index (χ2v) is 4.46. The van der Waals surface area contributed by atoms with Crippen molar-refractivity contribution in [1.29, 1.82) is 0 Å². The fourth-order valence-corrected chi connectivity index (χ4v) is 2.45. The van der Waals surface area contributed by atoms with Gasteiger partial charge in [-0.1, -0.05) is 23.7 Å². The van der Waals surface area contributed by atoms with Crippen LogP contribution in [-0.2, 0) is 6.42 Å². The Hall–Kier alpha value is -0.820. The largest absolute Gasteiger partial charge is 0.294 e. The van der Waals surface area contributed by atoms with Gasteiger partial charge < -0.3 is 0 Å². The summed E-state index contributed by atoms with van der Waals surface area (Å²) in [6.45, 7) is 0. The lowest BCUT2D eigenvalue weighted by atomic mass is 10.0. The Bertz CT molecular complexity index is 405. The van der Waals surface area contributed by atoms with Gasteiger partial charge in [-0.15, -0.1) is 0 Å². The third-order valence-corrected chi connectivity index (χ3v) is 3.57. The van der Waals surface area contributed by atoms with E-state index in [-0.39, 0.29) is 5.41 Å². The van der Waals surface area contributed by atoms with Crippen LogP contribution in [-0.4, -0.2) is 5.78 Å². The van der Waals surface area contributed by atoms with Crippen LogP contribution in [0.25, 0.3) is 0 Å². The normalized spacial score (nSPS) is 22.1. The fraction of sp³-hybridized carbons (Fsp3) is 0.364. The number of rotatable bonds is 0. The third kappa shape index (κ3) is 0.856. The van der Waals surface area contributed by atoms with Gasteiger partial charge in [0.15, 0.2) is 5.78 Å². The number of fused-ring (bicyclic) bond motifs is 1. The Morgan fingerprint density at radius 2 is 2.08 bits per heavy atom. The topological polar surface area (TPSA) is 17.1 Å². The zero-order valence-corrected chi connectivity index (χ0v) is 7.90. The van der Waals surface area contributed by atoms with Gasteiger partial charge >= 0.3 is 0 Å². The lowest BCUT2D eigenvalue weighted by Crippen LogP contribution is -2.08. The van der Waals surface area contributed by atoms with Crippen molar-refractivity contribution in [2.75, 3.05) is 0 Å². The predicted octanol–water partition coefficient (Wildman–Crippen LogP) is 2.86. The maximum Gasteiger partial charge on any atom is 0.169 e. The van der Waals surface area contributed by atoms with Crippen molar-refractivity contribution in [3.05, 3.63) is 34.3 Å². The minimum absolute atomic E-state index is 0.0205. The molecule has 0 atom stereocenters. The number of hydrogen-bond acceptors (Lipinski definition) is 1. The van der Waals surface area contributed by atoms with Crippen LogP contribution in [0.3, 0.4) is 0 Å². The Labute approximate surface area is 81.7 Å². The van der Waals surface area contributed by atoms with Crippen LogP contribution in [0.5, 0.6) is 0 Å². The minimum Gasteiger partial charge on any atom is -0.294 e. The quantitative estimate of drug-likeness (QED) is 0.618. The van der Waals surface area contributed by atoms with Gasteiger partial charge in [-0.2, -0.15) is 0 Å². The number of benzene rings is 1. The molecule has 3 rings (SSSR count). The van der Waals surface area contributed by atoms with Gasteiger partial charge in [0.1, 0.15) is 0 Å². The van der Waals surface area contributed by atoms with Crippen molar-refractivity contribution in [2.45, 2.75) is 19.3 Å². The molecule has 13 heavy (non-hydrogen) atoms. The first-order valence-corrected chi connectivity index (χ1v) is 4.93. The summed E-state index contributed by atoms with van der Waals surface area (Å²) in [5.74, 6) is 0.324. The fourth-order valence-electron chi connectivity index (χ4n) is 2.21. The Morgan fingerprint density at radius 1 is 1.31 bits per heavy atom. The zero-order valence-electron chi connectivity index (χ0n) is 7.14. The summed E-state index contributed by atoms with van der Waals surface area (Å²) in [5.41, 5.74) is 1.92. The number of carbonyl (C=O) groups is 1. The highest BCUT2D eigenvalue weighted by atomic mass is 35.5. The Kier molecular flexibility index (Phi) is 1.26. The summed E-state index contributed by atoms with van der Waals surface area (Å²) in [4.78, 5) is 11.9. The monoisotopic (exact) mass is 192 g/mol. The van der Waals surface area contributed by atoms with E-state index in [9.17, 15) is 4.79 Å². The molecule has 2 heteroatoms. The van der Waals surface area contributed by atoms with Gasteiger partial charge in [0, 0.05) is 16.0 Å². The van der Waals surface area contributed by atoms with Crippen molar-refractivity contribution >= 4 is 17.4 Å². The van der Waals surface area contributed by atoms with E-state index >= 15 is 0 Å². The second-order valence-electron chi connectivity index (χ2n) is 4.05. The SMILES string of the molecule is O=C1c2cccc(Cl)c2CC12CC2. The van der Waals surface area contributed by atoms with Gasteiger partial charge in [0.2, 0.25) is 0 Å². The molecule has 0 amide bonds. The summed E-state index contributed by atoms with van der Waals surface area (Å²) >= 11 is 6.04. The molecule has 0 aromatic heterocycles. The molecule has 1 fully saturated rings. The van der Waals surface area contributed by atoms with Crippen LogP contribution in [0.1, 0.15) is 28.8 Å². The minimum atomic E-state index is -0.0205. The number of Topliss-reactive ketones (excluding diaryl/α,β-unsaturated/α-hetero) is 1. The summed E-state index contributed by atoms with van der Waals surface area (Å²) in [7, 11) is 0. The number of hydrogen-bond donors (Lipinski definition) is 0. The summed E-state index contributed by atoms with van der Waals surface area (Å²) in [6, 6.07) is 5.63. The van der Waals surface area contributed by atoms with Crippen LogP contribution >= 0.6 is 11.6 Å². The van der Waals surface area contributed by atoms with E-state index < -0.39 is 0 Å². The van der Waals surface area contributed by atoms with Crippen LogP contribution < -0.4 is 0 Å². The molecule has 0 aliphatic heterocycles. The molecule has 66 valence electrons. The Balaban J connectivity index is 2.22. The average molecular weight is 193 g/mol. The van der Waals surface area contributed by atoms with E-state index in [0.29, 0.717) is 5.78 Å². The molecule has 1 nitrogen and oxygen atoms in total. The van der Waals surface area contributed by atoms with E-state index in [1.165, 1.54) is 0 Å². The van der Waals surface area contributed by atoms with Crippen molar-refractivity contribution < 1.29 is 4.79 Å². The van der Waals surface area contributed by atoms with Crippen LogP contribution in [0.2, 0.25) is 5.02 Å². The second kappa shape index (κ2) is 2.16. The molecule has 1 spiro atoms. The van der Waals surface area contributed by atoms with Gasteiger partial charge in [0.25, 0.3) is 0 Å². The van der Waals surface area contributed by atoms with Crippen LogP contribution in [0, 0.1) is 5.41 Å². The van der Waals surface area contributed by atoms with Crippen molar-refractivity contribution in [3.63, 3.8) is 0 Å². The van der Waals surface area contributed by atoms with Crippen molar-refractivity contribution in [2.24, 2.45) is 5.41 Å². The molecule has 1 aromatic carbocycles. The summed E-state index contributed by atoms with van der Waals surface area (Å²) in [6.07, 6.45) is 2.98. The van der Waals surface area contributed by atoms with Gasteiger partial charge in [0.05, 0.1) is 0 Å². The van der Waals surface area contributed by atoms with Crippen LogP contribution in [0.4, 0.5) is 0 Å². The maximum absolute atomic E-state index is 11.9. The highest BCUT2D eigenvalue weighted by Gasteiger charge is 2.54. The molecule has 0 N–H and O–H groups in total. The number of ketones is 1. The van der Waals surface area contributed by atoms with Gasteiger partial charge in [-0.3, -0.25) is 4.79 Å². The summed E-state index contributed by atoms with van der Waals surface area (Å²) < 4.78 is 0. The molecular formula is C11H9ClO. The molecule has 0 radical (unpaired) electrons. The van der Waals surface area contributed by atoms with Crippen LogP contribution in [0.15, 0.2) is 18.2 Å². The number of carbonyl (C=O) groups excluding carboxylic acids is 1. The van der Waals surface area contributed by atoms with Gasteiger partial charge in [-0.25, -0.2) is 0 Å². The standard InChI is InChI=1S/C11H9ClO/c12-9-3-1-2-7-8(9)6-11(4-5-11)10(7)13/h1-3H,4-6H2. The average Bonchev–Trinajstić information content (AvgIpc) is 2.82. The first-order chi connectivity index (χ1) is 6.23. The van der Waals surface area contributed by atoms with Crippen molar-refractivity contribution in [1.82, 2.24) is 0 Å². The van der Waals surface area contributed by atoms with Gasteiger partial charge in [-0.05, 0) is 30.9 Å². The first kappa shape index (κ1) is 7.57. The molecule has 1 aromatic rings. The highest BCUT2D eigenvalue weighted by Crippen LogP contribution is 2.56. The first-order valence-electron chi connectivity index (χ1n) is 4.55. The maximum atomic E-state index is 11.9. The molecule has 0 saturated heterocycles. The smallest absolute Gasteiger partial charge is 0.169 e. The molecule has 2 aliphatic rings.